The fourth-order valence-corrected chi connectivity index (χ4v) is 4.93. The Balaban J connectivity index is 1.78. The minimum Gasteiger partial charge on any atom is -0.462 e. The Morgan fingerprint density at radius 3 is 2.58 bits per heavy atom. The topological polar surface area (TPSA) is 73.8 Å². The maximum atomic E-state index is 12.4. The van der Waals surface area contributed by atoms with Crippen LogP contribution in [0.5, 0.6) is 11.6 Å². The van der Waals surface area contributed by atoms with Crippen molar-refractivity contribution in [3.05, 3.63) is 44.5 Å². The van der Waals surface area contributed by atoms with Crippen molar-refractivity contribution in [2.24, 2.45) is 0 Å². The minimum absolute atomic E-state index is 0.296. The van der Waals surface area contributed by atoms with Gasteiger partial charge in [0.25, 0.3) is 0 Å². The van der Waals surface area contributed by atoms with Crippen LogP contribution in [-0.2, 0) is 16.0 Å². The van der Waals surface area contributed by atoms with Crippen LogP contribution in [0.4, 0.5) is 0 Å². The zero-order valence-electron chi connectivity index (χ0n) is 17.1. The molecule has 0 bridgehead atoms. The highest BCUT2D eigenvalue weighted by atomic mass is 35.5. The number of thiophene rings is 1. The molecule has 1 aromatic carbocycles. The largest absolute Gasteiger partial charge is 0.462 e. The van der Waals surface area contributed by atoms with Gasteiger partial charge < -0.3 is 14.2 Å². The molecule has 2 aromatic heterocycles. The summed E-state index contributed by atoms with van der Waals surface area (Å²) in [6.45, 7) is 7.43. The molecular weight excluding hydrogens is 461 g/mol. The molecule has 0 aliphatic carbocycles. The smallest absolute Gasteiger partial charge is 0.348 e. The third kappa shape index (κ3) is 5.10. The summed E-state index contributed by atoms with van der Waals surface area (Å²) < 4.78 is 16.7. The number of hydrogen-bond acceptors (Lipinski definition) is 8. The van der Waals surface area contributed by atoms with Crippen LogP contribution in [0.1, 0.15) is 28.0 Å². The third-order valence-corrected chi connectivity index (χ3v) is 6.39. The Kier molecular flexibility index (Phi) is 6.93. The first-order chi connectivity index (χ1) is 14.9. The molecule has 4 rings (SSSR count). The predicted molar refractivity (Wildman–Crippen MR) is 121 cm³/mol. The van der Waals surface area contributed by atoms with E-state index in [1.165, 1.54) is 11.3 Å². The number of morpholine rings is 1. The van der Waals surface area contributed by atoms with E-state index in [2.05, 4.69) is 9.88 Å². The number of fused-ring (bicyclic) bond motifs is 1. The van der Waals surface area contributed by atoms with Crippen LogP contribution >= 0.6 is 34.5 Å². The number of ether oxygens (including phenoxy) is 3. The molecule has 10 heteroatoms. The van der Waals surface area contributed by atoms with Gasteiger partial charge in [-0.15, -0.1) is 11.3 Å². The van der Waals surface area contributed by atoms with E-state index >= 15 is 0 Å². The number of aromatic nitrogens is 2. The lowest BCUT2D eigenvalue weighted by Gasteiger charge is -2.25. The van der Waals surface area contributed by atoms with E-state index in [1.807, 2.05) is 6.92 Å². The van der Waals surface area contributed by atoms with Crippen LogP contribution in [0.15, 0.2) is 18.2 Å². The second-order valence-electron chi connectivity index (χ2n) is 7.00. The zero-order chi connectivity index (χ0) is 22.0. The van der Waals surface area contributed by atoms with E-state index < -0.39 is 0 Å². The van der Waals surface area contributed by atoms with Gasteiger partial charge in [0.1, 0.15) is 21.3 Å². The Morgan fingerprint density at radius 1 is 1.19 bits per heavy atom. The molecule has 0 unspecified atom stereocenters. The first-order valence-electron chi connectivity index (χ1n) is 9.85. The van der Waals surface area contributed by atoms with E-state index in [4.69, 9.17) is 42.4 Å². The van der Waals surface area contributed by atoms with Crippen LogP contribution in [0.2, 0.25) is 10.0 Å². The van der Waals surface area contributed by atoms with Crippen LogP contribution in [0.25, 0.3) is 10.2 Å². The van der Waals surface area contributed by atoms with Gasteiger partial charge in [-0.3, -0.25) is 4.90 Å². The molecule has 31 heavy (non-hydrogen) atoms. The molecular formula is C21H21Cl2N3O4S. The Morgan fingerprint density at radius 2 is 1.90 bits per heavy atom. The minimum atomic E-state index is -0.380. The van der Waals surface area contributed by atoms with Crippen molar-refractivity contribution in [1.29, 1.82) is 0 Å². The zero-order valence-corrected chi connectivity index (χ0v) is 19.4. The molecule has 7 nitrogen and oxygen atoms in total. The molecule has 1 aliphatic heterocycles. The summed E-state index contributed by atoms with van der Waals surface area (Å²) in [4.78, 5) is 25.2. The van der Waals surface area contributed by atoms with E-state index in [0.717, 1.165) is 18.7 Å². The van der Waals surface area contributed by atoms with Crippen molar-refractivity contribution >= 4 is 50.7 Å². The number of carbonyl (C=O) groups is 1. The van der Waals surface area contributed by atoms with Gasteiger partial charge in [-0.25, -0.2) is 9.78 Å². The van der Waals surface area contributed by atoms with E-state index in [1.54, 1.807) is 25.1 Å². The number of carbonyl (C=O) groups excluding carboxylic acids is 1. The van der Waals surface area contributed by atoms with E-state index in [9.17, 15) is 4.79 Å². The molecule has 164 valence electrons. The van der Waals surface area contributed by atoms with Crippen molar-refractivity contribution in [2.45, 2.75) is 20.4 Å². The van der Waals surface area contributed by atoms with Crippen molar-refractivity contribution < 1.29 is 19.0 Å². The standard InChI is InChI=1S/C21H21Cl2N3O4S/c1-3-29-21(27)18-12(2)17-19(30-15-9-13(22)8-14(23)10-15)24-16(25-20(17)31-18)11-26-4-6-28-7-5-26/h8-10H,3-7,11H2,1-2H3. The third-order valence-electron chi connectivity index (χ3n) is 4.78. The quantitative estimate of drug-likeness (QED) is 0.452. The van der Waals surface area contributed by atoms with Gasteiger partial charge in [0.05, 0.1) is 31.8 Å². The second-order valence-corrected chi connectivity index (χ2v) is 8.87. The summed E-state index contributed by atoms with van der Waals surface area (Å²) in [6, 6.07) is 4.96. The van der Waals surface area contributed by atoms with Gasteiger partial charge in [0, 0.05) is 23.1 Å². The summed E-state index contributed by atoms with van der Waals surface area (Å²) in [6.07, 6.45) is 0. The highest BCUT2D eigenvalue weighted by Crippen LogP contribution is 2.38. The fourth-order valence-electron chi connectivity index (χ4n) is 3.34. The van der Waals surface area contributed by atoms with Crippen molar-refractivity contribution in [1.82, 2.24) is 14.9 Å². The van der Waals surface area contributed by atoms with E-state index in [0.29, 0.717) is 69.0 Å². The molecule has 3 heterocycles. The molecule has 1 aliphatic rings. The Labute approximate surface area is 193 Å². The van der Waals surface area contributed by atoms with Gasteiger partial charge >= 0.3 is 5.97 Å². The highest BCUT2D eigenvalue weighted by Gasteiger charge is 2.23. The molecule has 0 spiro atoms. The van der Waals surface area contributed by atoms with Crippen LogP contribution in [-0.4, -0.2) is 53.7 Å². The highest BCUT2D eigenvalue weighted by molar-refractivity contribution is 7.20. The number of esters is 1. The SMILES string of the molecule is CCOC(=O)c1sc2nc(CN3CCOCC3)nc(Oc3cc(Cl)cc(Cl)c3)c2c1C. The summed E-state index contributed by atoms with van der Waals surface area (Å²) in [5.41, 5.74) is 0.722. The maximum Gasteiger partial charge on any atom is 0.348 e. The molecule has 1 fully saturated rings. The average molecular weight is 482 g/mol. The molecule has 0 N–H and O–H groups in total. The number of aryl methyl sites for hydroxylation is 1. The maximum absolute atomic E-state index is 12.4. The van der Waals surface area contributed by atoms with Crippen LogP contribution in [0, 0.1) is 6.92 Å². The van der Waals surface area contributed by atoms with Gasteiger partial charge in [-0.1, -0.05) is 23.2 Å². The van der Waals surface area contributed by atoms with Crippen LogP contribution in [0.3, 0.4) is 0 Å². The van der Waals surface area contributed by atoms with Gasteiger partial charge in [0.2, 0.25) is 5.88 Å². The fraction of sp³-hybridized carbons (Fsp3) is 0.381. The van der Waals surface area contributed by atoms with Gasteiger partial charge in [0.15, 0.2) is 0 Å². The monoisotopic (exact) mass is 481 g/mol. The van der Waals surface area contributed by atoms with Gasteiger partial charge in [-0.2, -0.15) is 4.98 Å². The summed E-state index contributed by atoms with van der Waals surface area (Å²) in [5, 5.41) is 1.58. The first kappa shape index (κ1) is 22.2. The second kappa shape index (κ2) is 9.67. The van der Waals surface area contributed by atoms with E-state index in [-0.39, 0.29) is 5.97 Å². The van der Waals surface area contributed by atoms with Crippen molar-refractivity contribution in [3.63, 3.8) is 0 Å². The van der Waals surface area contributed by atoms with Crippen LogP contribution < -0.4 is 4.74 Å². The normalized spacial score (nSPS) is 14.7. The molecule has 3 aromatic rings. The average Bonchev–Trinajstić information content (AvgIpc) is 3.05. The number of halogens is 2. The Hall–Kier alpha value is -1.97. The summed E-state index contributed by atoms with van der Waals surface area (Å²) >= 11 is 13.5. The molecule has 0 radical (unpaired) electrons. The lowest BCUT2D eigenvalue weighted by atomic mass is 10.2. The lowest BCUT2D eigenvalue weighted by Crippen LogP contribution is -2.36. The number of nitrogens with zero attached hydrogens (tertiary/aromatic N) is 3. The molecule has 0 amide bonds. The van der Waals surface area contributed by atoms with Crippen molar-refractivity contribution in [2.75, 3.05) is 32.9 Å². The number of hydrogen-bond donors (Lipinski definition) is 0. The predicted octanol–water partition coefficient (Wildman–Crippen LogP) is 5.11. The van der Waals surface area contributed by atoms with Crippen molar-refractivity contribution in [3.8, 4) is 11.6 Å². The Bertz CT molecular complexity index is 1100. The number of rotatable bonds is 6. The summed E-state index contributed by atoms with van der Waals surface area (Å²) in [7, 11) is 0. The lowest BCUT2D eigenvalue weighted by molar-refractivity contribution is 0.0330. The summed E-state index contributed by atoms with van der Waals surface area (Å²) in [5.74, 6) is 1.04. The molecule has 1 saturated heterocycles. The molecule has 0 atom stereocenters. The number of benzene rings is 1. The first-order valence-corrected chi connectivity index (χ1v) is 11.4. The molecule has 0 saturated carbocycles. The van der Waals surface area contributed by atoms with Gasteiger partial charge in [-0.05, 0) is 37.6 Å².